The van der Waals surface area contributed by atoms with E-state index in [0.29, 0.717) is 17.8 Å². The average molecular weight is 315 g/mol. The van der Waals surface area contributed by atoms with E-state index in [-0.39, 0.29) is 11.9 Å². The Hall–Kier alpha value is -2.83. The Labute approximate surface area is 135 Å². The summed E-state index contributed by atoms with van der Waals surface area (Å²) in [5, 5.41) is 8.16. The van der Waals surface area contributed by atoms with Crippen LogP contribution < -0.4 is 16.0 Å². The molecule has 2 aromatic rings. The number of carbonyl (C=O) groups excluding carboxylic acids is 2. The van der Waals surface area contributed by atoms with Crippen LogP contribution in [0.25, 0.3) is 0 Å². The van der Waals surface area contributed by atoms with E-state index in [9.17, 15) is 9.59 Å². The number of nitrogens with zero attached hydrogens (tertiary/aromatic N) is 2. The summed E-state index contributed by atoms with van der Waals surface area (Å²) >= 11 is 0. The Morgan fingerprint density at radius 3 is 2.83 bits per heavy atom. The van der Waals surface area contributed by atoms with Crippen LogP contribution in [0, 0.1) is 6.92 Å². The number of urea groups is 1. The summed E-state index contributed by atoms with van der Waals surface area (Å²) in [6, 6.07) is 4.95. The van der Waals surface area contributed by atoms with Crippen molar-refractivity contribution in [2.45, 2.75) is 19.9 Å². The summed E-state index contributed by atoms with van der Waals surface area (Å²) < 4.78 is 1.95. The zero-order valence-electron chi connectivity index (χ0n) is 13.3. The summed E-state index contributed by atoms with van der Waals surface area (Å²) in [6.45, 7) is 3.16. The predicted octanol–water partition coefficient (Wildman–Crippen LogP) is 1.76. The van der Waals surface area contributed by atoms with Crippen LogP contribution in [0.1, 0.15) is 22.3 Å². The minimum atomic E-state index is -0.284. The molecule has 7 heteroatoms. The molecule has 7 nitrogen and oxygen atoms in total. The molecule has 1 aromatic carbocycles. The van der Waals surface area contributed by atoms with Crippen molar-refractivity contribution in [3.63, 3.8) is 0 Å². The lowest BCUT2D eigenvalue weighted by molar-refractivity contribution is 0.0962. The van der Waals surface area contributed by atoms with Crippen LogP contribution in [0.3, 0.4) is 0 Å². The van der Waals surface area contributed by atoms with Gasteiger partial charge in [0.15, 0.2) is 0 Å². The van der Waals surface area contributed by atoms with Crippen molar-refractivity contribution in [2.75, 3.05) is 18.9 Å². The highest BCUT2D eigenvalue weighted by atomic mass is 16.2. The van der Waals surface area contributed by atoms with Gasteiger partial charge in [0.1, 0.15) is 0 Å². The van der Waals surface area contributed by atoms with Gasteiger partial charge in [0, 0.05) is 43.8 Å². The maximum Gasteiger partial charge on any atom is 0.319 e. The first-order chi connectivity index (χ1) is 11.1. The fraction of sp³-hybridized carbons (Fsp3) is 0.312. The van der Waals surface area contributed by atoms with E-state index in [4.69, 9.17) is 0 Å². The molecule has 0 aliphatic rings. The molecule has 0 saturated carbocycles. The van der Waals surface area contributed by atoms with Crippen LogP contribution in [0.15, 0.2) is 36.9 Å². The lowest BCUT2D eigenvalue weighted by Crippen LogP contribution is -2.30. The van der Waals surface area contributed by atoms with Crippen molar-refractivity contribution in [3.05, 3.63) is 48.0 Å². The highest BCUT2D eigenvalue weighted by Gasteiger charge is 2.11. The first kappa shape index (κ1) is 16.5. The fourth-order valence-electron chi connectivity index (χ4n) is 2.20. The van der Waals surface area contributed by atoms with Crippen LogP contribution in [-0.2, 0) is 6.54 Å². The molecule has 122 valence electrons. The molecule has 0 aliphatic heterocycles. The van der Waals surface area contributed by atoms with E-state index >= 15 is 0 Å². The summed E-state index contributed by atoms with van der Waals surface area (Å²) in [7, 11) is 1.58. The molecular weight excluding hydrogens is 294 g/mol. The molecule has 23 heavy (non-hydrogen) atoms. The average Bonchev–Trinajstić information content (AvgIpc) is 3.06. The Morgan fingerprint density at radius 2 is 2.13 bits per heavy atom. The van der Waals surface area contributed by atoms with Crippen molar-refractivity contribution in [1.82, 2.24) is 20.2 Å². The molecule has 0 fully saturated rings. The molecule has 0 unspecified atom stereocenters. The van der Waals surface area contributed by atoms with Gasteiger partial charge >= 0.3 is 6.03 Å². The van der Waals surface area contributed by atoms with Gasteiger partial charge in [0.25, 0.3) is 5.91 Å². The number of imidazole rings is 1. The molecule has 0 radical (unpaired) electrons. The maximum absolute atomic E-state index is 11.9. The Bertz CT molecular complexity index is 667. The van der Waals surface area contributed by atoms with E-state index in [0.717, 1.165) is 18.5 Å². The summed E-state index contributed by atoms with van der Waals surface area (Å²) in [6.07, 6.45) is 6.16. The molecule has 0 saturated heterocycles. The molecule has 0 bridgehead atoms. The summed E-state index contributed by atoms with van der Waals surface area (Å²) in [4.78, 5) is 27.6. The number of nitrogens with one attached hydrogen (secondary N) is 3. The normalized spacial score (nSPS) is 10.2. The van der Waals surface area contributed by atoms with E-state index in [1.165, 1.54) is 0 Å². The second kappa shape index (κ2) is 7.98. The number of hydrogen-bond donors (Lipinski definition) is 3. The van der Waals surface area contributed by atoms with Crippen molar-refractivity contribution >= 4 is 17.6 Å². The van der Waals surface area contributed by atoms with Gasteiger partial charge in [-0.1, -0.05) is 6.07 Å². The van der Waals surface area contributed by atoms with E-state index in [1.54, 1.807) is 44.7 Å². The van der Waals surface area contributed by atoms with Crippen molar-refractivity contribution < 1.29 is 9.59 Å². The quantitative estimate of drug-likeness (QED) is 0.710. The lowest BCUT2D eigenvalue weighted by Gasteiger charge is -2.12. The van der Waals surface area contributed by atoms with Crippen molar-refractivity contribution in [3.8, 4) is 0 Å². The van der Waals surface area contributed by atoms with Crippen LogP contribution >= 0.6 is 0 Å². The molecule has 3 N–H and O–H groups in total. The molecule has 1 heterocycles. The van der Waals surface area contributed by atoms with Crippen LogP contribution in [0.4, 0.5) is 10.5 Å². The third-order valence-electron chi connectivity index (χ3n) is 3.49. The van der Waals surface area contributed by atoms with Gasteiger partial charge in [-0.15, -0.1) is 0 Å². The van der Waals surface area contributed by atoms with Crippen LogP contribution in [0.5, 0.6) is 0 Å². The number of anilines is 1. The highest BCUT2D eigenvalue weighted by Crippen LogP contribution is 2.18. The van der Waals surface area contributed by atoms with E-state index in [2.05, 4.69) is 20.9 Å². The topological polar surface area (TPSA) is 88.0 Å². The van der Waals surface area contributed by atoms with Gasteiger partial charge in [-0.2, -0.15) is 0 Å². The Balaban J connectivity index is 1.84. The molecule has 2 rings (SSSR count). The molecular formula is C16H21N5O2. The predicted molar refractivity (Wildman–Crippen MR) is 88.4 cm³/mol. The summed E-state index contributed by atoms with van der Waals surface area (Å²) in [5.74, 6) is -0.174. The summed E-state index contributed by atoms with van der Waals surface area (Å²) in [5.41, 5.74) is 1.91. The van der Waals surface area contributed by atoms with Crippen molar-refractivity contribution in [2.24, 2.45) is 0 Å². The Kier molecular flexibility index (Phi) is 5.74. The van der Waals surface area contributed by atoms with Gasteiger partial charge in [0.05, 0.1) is 6.33 Å². The molecule has 0 aliphatic carbocycles. The zero-order chi connectivity index (χ0) is 16.7. The van der Waals surface area contributed by atoms with Gasteiger partial charge in [-0.25, -0.2) is 9.78 Å². The molecule has 0 spiro atoms. The van der Waals surface area contributed by atoms with Gasteiger partial charge in [-0.3, -0.25) is 4.79 Å². The Morgan fingerprint density at radius 1 is 1.30 bits per heavy atom. The van der Waals surface area contributed by atoms with Gasteiger partial charge in [0.2, 0.25) is 0 Å². The molecule has 0 atom stereocenters. The largest absolute Gasteiger partial charge is 0.355 e. The van der Waals surface area contributed by atoms with E-state index < -0.39 is 0 Å². The van der Waals surface area contributed by atoms with E-state index in [1.807, 2.05) is 10.8 Å². The zero-order valence-corrected chi connectivity index (χ0v) is 13.3. The van der Waals surface area contributed by atoms with Gasteiger partial charge < -0.3 is 20.5 Å². The number of aryl methyl sites for hydroxylation is 1. The molecule has 3 amide bonds. The number of rotatable bonds is 6. The number of benzene rings is 1. The second-order valence-corrected chi connectivity index (χ2v) is 5.09. The fourth-order valence-corrected chi connectivity index (χ4v) is 2.20. The molecule has 1 aromatic heterocycles. The smallest absolute Gasteiger partial charge is 0.319 e. The van der Waals surface area contributed by atoms with Crippen LogP contribution in [0.2, 0.25) is 0 Å². The maximum atomic E-state index is 11.9. The SMILES string of the molecule is CNC(=O)c1cccc(NC(=O)NCCCn2ccnc2)c1C. The van der Waals surface area contributed by atoms with Gasteiger partial charge in [-0.05, 0) is 31.0 Å². The third kappa shape index (κ3) is 4.57. The minimum absolute atomic E-state index is 0.174. The van der Waals surface area contributed by atoms with Crippen LogP contribution in [-0.4, -0.2) is 35.1 Å². The van der Waals surface area contributed by atoms with Crippen molar-refractivity contribution in [1.29, 1.82) is 0 Å². The number of hydrogen-bond acceptors (Lipinski definition) is 3. The first-order valence-electron chi connectivity index (χ1n) is 7.44. The second-order valence-electron chi connectivity index (χ2n) is 5.09. The first-order valence-corrected chi connectivity index (χ1v) is 7.44. The number of aromatic nitrogens is 2. The monoisotopic (exact) mass is 315 g/mol. The third-order valence-corrected chi connectivity index (χ3v) is 3.49. The standard InChI is InChI=1S/C16H21N5O2/c1-12-13(15(22)17-2)5-3-6-14(12)20-16(23)19-7-4-9-21-10-8-18-11-21/h3,5-6,8,10-11H,4,7,9H2,1-2H3,(H,17,22)(H2,19,20,23). The number of amides is 3. The lowest BCUT2D eigenvalue weighted by atomic mass is 10.1. The minimum Gasteiger partial charge on any atom is -0.355 e. The number of carbonyl (C=O) groups is 2. The highest BCUT2D eigenvalue weighted by molar-refractivity contribution is 5.98.